The second-order valence-corrected chi connectivity index (χ2v) is 6.94. The van der Waals surface area contributed by atoms with Crippen LogP contribution in [0.3, 0.4) is 0 Å². The molecule has 0 aliphatic heterocycles. The van der Waals surface area contributed by atoms with Crippen LogP contribution in [-0.2, 0) is 6.42 Å². The normalized spacial score (nSPS) is 23.3. The van der Waals surface area contributed by atoms with E-state index in [0.29, 0.717) is 17.9 Å². The van der Waals surface area contributed by atoms with Crippen LogP contribution in [0.4, 0.5) is 0 Å². The summed E-state index contributed by atoms with van der Waals surface area (Å²) < 4.78 is 1.20. The third-order valence-corrected chi connectivity index (χ3v) is 5.84. The summed E-state index contributed by atoms with van der Waals surface area (Å²) in [5.74, 6) is 7.08. The van der Waals surface area contributed by atoms with Crippen LogP contribution >= 0.6 is 27.3 Å². The maximum atomic E-state index is 5.76. The number of hydrazine groups is 1. The van der Waals surface area contributed by atoms with E-state index < -0.39 is 0 Å². The van der Waals surface area contributed by atoms with E-state index in [0.717, 1.165) is 6.42 Å². The zero-order valence-electron chi connectivity index (χ0n) is 10.6. The number of benzene rings is 1. The lowest BCUT2D eigenvalue weighted by molar-refractivity contribution is 0.466. The largest absolute Gasteiger partial charge is 0.271 e. The SMILES string of the molecule is NNC(Cc1sccc1Br)C1CC1c1ccccc1. The van der Waals surface area contributed by atoms with Crippen LogP contribution in [0, 0.1) is 5.92 Å². The van der Waals surface area contributed by atoms with Crippen molar-refractivity contribution in [2.75, 3.05) is 0 Å². The summed E-state index contributed by atoms with van der Waals surface area (Å²) in [4.78, 5) is 1.38. The molecule has 1 aliphatic carbocycles. The van der Waals surface area contributed by atoms with Crippen molar-refractivity contribution in [2.45, 2.75) is 24.8 Å². The van der Waals surface area contributed by atoms with Gasteiger partial charge in [0.05, 0.1) is 0 Å². The molecular formula is C15H17BrN2S. The number of hydrogen-bond donors (Lipinski definition) is 2. The van der Waals surface area contributed by atoms with Crippen LogP contribution in [0.25, 0.3) is 0 Å². The smallest absolute Gasteiger partial charge is 0.0314 e. The highest BCUT2D eigenvalue weighted by atomic mass is 79.9. The first-order valence-corrected chi connectivity index (χ1v) is 8.20. The Labute approximate surface area is 126 Å². The second-order valence-electron chi connectivity index (χ2n) is 5.09. The molecule has 0 radical (unpaired) electrons. The van der Waals surface area contributed by atoms with Gasteiger partial charge in [-0.25, -0.2) is 0 Å². The molecule has 0 saturated heterocycles. The van der Waals surface area contributed by atoms with Gasteiger partial charge in [0.1, 0.15) is 0 Å². The summed E-state index contributed by atoms with van der Waals surface area (Å²) in [6.45, 7) is 0. The zero-order chi connectivity index (χ0) is 13.2. The Balaban J connectivity index is 1.67. The minimum atomic E-state index is 0.361. The number of hydrogen-bond acceptors (Lipinski definition) is 3. The van der Waals surface area contributed by atoms with Crippen molar-refractivity contribution in [1.82, 2.24) is 5.43 Å². The first-order chi connectivity index (χ1) is 9.29. The Morgan fingerprint density at radius 1 is 1.32 bits per heavy atom. The van der Waals surface area contributed by atoms with E-state index in [1.807, 2.05) is 0 Å². The molecule has 1 aromatic heterocycles. The molecule has 4 heteroatoms. The van der Waals surface area contributed by atoms with Gasteiger partial charge in [0.2, 0.25) is 0 Å². The van der Waals surface area contributed by atoms with E-state index >= 15 is 0 Å². The lowest BCUT2D eigenvalue weighted by Crippen LogP contribution is -2.38. The van der Waals surface area contributed by atoms with Gasteiger partial charge in [-0.2, -0.15) is 0 Å². The van der Waals surface area contributed by atoms with Crippen molar-refractivity contribution in [3.63, 3.8) is 0 Å². The molecule has 19 heavy (non-hydrogen) atoms. The molecule has 0 amide bonds. The topological polar surface area (TPSA) is 38.0 Å². The lowest BCUT2D eigenvalue weighted by Gasteiger charge is -2.15. The van der Waals surface area contributed by atoms with Crippen LogP contribution in [0.1, 0.15) is 22.8 Å². The number of nitrogens with two attached hydrogens (primary N) is 1. The third kappa shape index (κ3) is 2.92. The monoisotopic (exact) mass is 336 g/mol. The molecule has 3 atom stereocenters. The average molecular weight is 337 g/mol. The van der Waals surface area contributed by atoms with Gasteiger partial charge in [-0.05, 0) is 57.6 Å². The Bertz CT molecular complexity index is 540. The minimum Gasteiger partial charge on any atom is -0.271 e. The molecule has 3 unspecified atom stereocenters. The van der Waals surface area contributed by atoms with Crippen LogP contribution in [-0.4, -0.2) is 6.04 Å². The van der Waals surface area contributed by atoms with Gasteiger partial charge in [0, 0.05) is 15.4 Å². The molecule has 1 aromatic carbocycles. The highest BCUT2D eigenvalue weighted by molar-refractivity contribution is 9.10. The Morgan fingerprint density at radius 3 is 2.74 bits per heavy atom. The molecule has 1 fully saturated rings. The number of nitrogens with one attached hydrogen (secondary N) is 1. The molecular weight excluding hydrogens is 320 g/mol. The molecule has 1 aliphatic rings. The van der Waals surface area contributed by atoms with Crippen LogP contribution in [0.2, 0.25) is 0 Å². The molecule has 1 heterocycles. The summed E-state index contributed by atoms with van der Waals surface area (Å²) in [5, 5.41) is 2.12. The fourth-order valence-electron chi connectivity index (χ4n) is 2.75. The standard InChI is InChI=1S/C15H17BrN2S/c16-13-6-7-19-15(13)9-14(18-17)12-8-11(12)10-4-2-1-3-5-10/h1-7,11-12,14,18H,8-9,17H2. The van der Waals surface area contributed by atoms with Gasteiger partial charge in [-0.3, -0.25) is 11.3 Å². The maximum Gasteiger partial charge on any atom is 0.0314 e. The first-order valence-electron chi connectivity index (χ1n) is 6.52. The summed E-state index contributed by atoms with van der Waals surface area (Å²) in [5.41, 5.74) is 4.46. The van der Waals surface area contributed by atoms with E-state index in [1.54, 1.807) is 11.3 Å². The summed E-state index contributed by atoms with van der Waals surface area (Å²) in [7, 11) is 0. The minimum absolute atomic E-state index is 0.361. The van der Waals surface area contributed by atoms with Crippen molar-refractivity contribution >= 4 is 27.3 Å². The van der Waals surface area contributed by atoms with E-state index in [1.165, 1.54) is 21.3 Å². The van der Waals surface area contributed by atoms with Gasteiger partial charge in [0.15, 0.2) is 0 Å². The first kappa shape index (κ1) is 13.3. The van der Waals surface area contributed by atoms with Gasteiger partial charge < -0.3 is 0 Å². The fourth-order valence-corrected chi connectivity index (χ4v) is 4.32. The summed E-state index contributed by atoms with van der Waals surface area (Å²) in [6, 6.07) is 13.2. The molecule has 1 saturated carbocycles. The Morgan fingerprint density at radius 2 is 2.11 bits per heavy atom. The van der Waals surface area contributed by atoms with E-state index in [2.05, 4.69) is 63.1 Å². The van der Waals surface area contributed by atoms with Crippen molar-refractivity contribution < 1.29 is 0 Å². The highest BCUT2D eigenvalue weighted by Gasteiger charge is 2.43. The number of halogens is 1. The van der Waals surface area contributed by atoms with E-state index in [-0.39, 0.29) is 0 Å². The van der Waals surface area contributed by atoms with Crippen LogP contribution < -0.4 is 11.3 Å². The van der Waals surface area contributed by atoms with Gasteiger partial charge >= 0.3 is 0 Å². The number of rotatable bonds is 5. The van der Waals surface area contributed by atoms with Crippen molar-refractivity contribution in [3.8, 4) is 0 Å². The van der Waals surface area contributed by atoms with Crippen molar-refractivity contribution in [3.05, 3.63) is 56.7 Å². The molecule has 3 rings (SSSR count). The average Bonchev–Trinajstić information content (AvgIpc) is 3.14. The molecule has 100 valence electrons. The van der Waals surface area contributed by atoms with Gasteiger partial charge in [0.25, 0.3) is 0 Å². The maximum absolute atomic E-state index is 5.76. The van der Waals surface area contributed by atoms with Gasteiger partial charge in [-0.15, -0.1) is 11.3 Å². The Hall–Kier alpha value is -0.680. The third-order valence-electron chi connectivity index (χ3n) is 3.89. The lowest BCUT2D eigenvalue weighted by atomic mass is 10.0. The molecule has 2 aromatic rings. The quantitative estimate of drug-likeness (QED) is 0.645. The van der Waals surface area contributed by atoms with E-state index in [9.17, 15) is 0 Å². The molecule has 0 bridgehead atoms. The van der Waals surface area contributed by atoms with Crippen molar-refractivity contribution in [1.29, 1.82) is 0 Å². The molecule has 0 spiro atoms. The van der Waals surface area contributed by atoms with Crippen LogP contribution in [0.5, 0.6) is 0 Å². The highest BCUT2D eigenvalue weighted by Crippen LogP contribution is 2.50. The number of thiophene rings is 1. The summed E-state index contributed by atoms with van der Waals surface area (Å²) >= 11 is 5.39. The Kier molecular flexibility index (Phi) is 4.03. The predicted molar refractivity (Wildman–Crippen MR) is 84.1 cm³/mol. The van der Waals surface area contributed by atoms with Crippen molar-refractivity contribution in [2.24, 2.45) is 11.8 Å². The summed E-state index contributed by atoms with van der Waals surface area (Å²) in [6.07, 6.45) is 2.24. The zero-order valence-corrected chi connectivity index (χ0v) is 13.0. The predicted octanol–water partition coefficient (Wildman–Crippen LogP) is 3.69. The molecule has 2 nitrogen and oxygen atoms in total. The fraction of sp³-hybridized carbons (Fsp3) is 0.333. The van der Waals surface area contributed by atoms with Crippen LogP contribution in [0.15, 0.2) is 46.3 Å². The second kappa shape index (κ2) is 5.75. The van der Waals surface area contributed by atoms with E-state index in [4.69, 9.17) is 5.84 Å². The van der Waals surface area contributed by atoms with Gasteiger partial charge in [-0.1, -0.05) is 30.3 Å². The molecule has 3 N–H and O–H groups in total.